The molecule has 2 atom stereocenters. The van der Waals surface area contributed by atoms with Gasteiger partial charge in [-0.2, -0.15) is 11.8 Å². The molecule has 5 heteroatoms. The van der Waals surface area contributed by atoms with Crippen LogP contribution in [0.15, 0.2) is 0 Å². The molecule has 0 aromatic carbocycles. The van der Waals surface area contributed by atoms with Crippen molar-refractivity contribution in [2.24, 2.45) is 0 Å². The zero-order valence-electron chi connectivity index (χ0n) is 11.1. The first-order valence-electron chi connectivity index (χ1n) is 6.54. The van der Waals surface area contributed by atoms with E-state index in [1.54, 1.807) is 13.8 Å². The fourth-order valence-electron chi connectivity index (χ4n) is 2.20. The minimum atomic E-state index is -2.89. The highest BCUT2D eigenvalue weighted by Gasteiger charge is 2.27. The van der Waals surface area contributed by atoms with E-state index in [0.29, 0.717) is 17.8 Å². The number of hydrogen-bond acceptors (Lipinski definition) is 4. The molecule has 2 unspecified atom stereocenters. The maximum absolute atomic E-state index is 11.7. The molecule has 1 N–H and O–H groups in total. The molecule has 0 aromatic heterocycles. The summed E-state index contributed by atoms with van der Waals surface area (Å²) in [6.45, 7) is 6.29. The average molecular weight is 279 g/mol. The van der Waals surface area contributed by atoms with Gasteiger partial charge in [-0.25, -0.2) is 8.42 Å². The van der Waals surface area contributed by atoms with Crippen LogP contribution in [-0.4, -0.2) is 43.0 Å². The van der Waals surface area contributed by atoms with Gasteiger partial charge in [-0.1, -0.05) is 13.3 Å². The highest BCUT2D eigenvalue weighted by Crippen LogP contribution is 2.29. The molecule has 0 radical (unpaired) electrons. The summed E-state index contributed by atoms with van der Waals surface area (Å²) < 4.78 is 23.3. The number of thioether (sulfide) groups is 1. The van der Waals surface area contributed by atoms with E-state index < -0.39 is 9.84 Å². The van der Waals surface area contributed by atoms with E-state index >= 15 is 0 Å². The summed E-state index contributed by atoms with van der Waals surface area (Å²) in [5.41, 5.74) is 0. The van der Waals surface area contributed by atoms with Crippen LogP contribution >= 0.6 is 11.8 Å². The van der Waals surface area contributed by atoms with Crippen LogP contribution in [-0.2, 0) is 9.84 Å². The second kappa shape index (κ2) is 7.00. The summed E-state index contributed by atoms with van der Waals surface area (Å²) in [6, 6.07) is 0.516. The van der Waals surface area contributed by atoms with E-state index in [0.717, 1.165) is 5.75 Å². The summed E-state index contributed by atoms with van der Waals surface area (Å²) in [5, 5.41) is 3.85. The number of nitrogens with one attached hydrogen (secondary N) is 1. The minimum Gasteiger partial charge on any atom is -0.312 e. The predicted molar refractivity (Wildman–Crippen MR) is 76.5 cm³/mol. The van der Waals surface area contributed by atoms with Crippen molar-refractivity contribution >= 4 is 21.6 Å². The van der Waals surface area contributed by atoms with Crippen molar-refractivity contribution in [3.63, 3.8) is 0 Å². The van der Waals surface area contributed by atoms with Crippen molar-refractivity contribution in [1.29, 1.82) is 0 Å². The van der Waals surface area contributed by atoms with Crippen molar-refractivity contribution < 1.29 is 8.42 Å². The first-order valence-corrected chi connectivity index (χ1v) is 9.30. The molecule has 0 spiro atoms. The zero-order valence-corrected chi connectivity index (χ0v) is 12.7. The molecule has 0 heterocycles. The third kappa shape index (κ3) is 4.79. The van der Waals surface area contributed by atoms with Gasteiger partial charge in [-0.15, -0.1) is 0 Å². The van der Waals surface area contributed by atoms with Crippen molar-refractivity contribution in [3.8, 4) is 0 Å². The van der Waals surface area contributed by atoms with E-state index in [4.69, 9.17) is 0 Å². The van der Waals surface area contributed by atoms with Gasteiger partial charge < -0.3 is 5.32 Å². The van der Waals surface area contributed by atoms with Gasteiger partial charge in [0.25, 0.3) is 0 Å². The molecule has 1 fully saturated rings. The average Bonchev–Trinajstić information content (AvgIpc) is 2.66. The van der Waals surface area contributed by atoms with Crippen LogP contribution < -0.4 is 5.32 Å². The van der Waals surface area contributed by atoms with Crippen molar-refractivity contribution in [2.75, 3.05) is 18.1 Å². The van der Waals surface area contributed by atoms with Gasteiger partial charge in [0.2, 0.25) is 0 Å². The first-order chi connectivity index (χ1) is 7.97. The third-order valence-corrected chi connectivity index (χ3v) is 6.88. The van der Waals surface area contributed by atoms with Crippen LogP contribution in [0.5, 0.6) is 0 Å². The SMILES string of the molecule is CCSC1CCCC1NCCS(=O)(=O)C(C)C. The van der Waals surface area contributed by atoms with Crippen LogP contribution in [0.4, 0.5) is 0 Å². The van der Waals surface area contributed by atoms with Crippen molar-refractivity contribution in [3.05, 3.63) is 0 Å². The van der Waals surface area contributed by atoms with Gasteiger partial charge in [-0.3, -0.25) is 0 Å². The predicted octanol–water partition coefficient (Wildman–Crippen LogP) is 2.07. The standard InChI is InChI=1S/C12H25NO2S2/c1-4-16-12-7-5-6-11(12)13-8-9-17(14,15)10(2)3/h10-13H,4-9H2,1-3H3. The van der Waals surface area contributed by atoms with Gasteiger partial charge in [0.05, 0.1) is 11.0 Å². The zero-order chi connectivity index (χ0) is 12.9. The van der Waals surface area contributed by atoms with Crippen LogP contribution in [0.3, 0.4) is 0 Å². The Morgan fingerprint density at radius 2 is 2.06 bits per heavy atom. The maximum atomic E-state index is 11.7. The molecule has 1 saturated carbocycles. The Hall–Kier alpha value is 0.260. The Balaban J connectivity index is 2.31. The first kappa shape index (κ1) is 15.3. The van der Waals surface area contributed by atoms with E-state index in [1.807, 2.05) is 11.8 Å². The molecular formula is C12H25NO2S2. The lowest BCUT2D eigenvalue weighted by molar-refractivity contribution is 0.540. The lowest BCUT2D eigenvalue weighted by Gasteiger charge is -2.20. The molecule has 0 amide bonds. The molecule has 102 valence electrons. The quantitative estimate of drug-likeness (QED) is 0.775. The van der Waals surface area contributed by atoms with E-state index in [9.17, 15) is 8.42 Å². The largest absolute Gasteiger partial charge is 0.312 e. The topological polar surface area (TPSA) is 46.2 Å². The monoisotopic (exact) mass is 279 g/mol. The fraction of sp³-hybridized carbons (Fsp3) is 1.00. The normalized spacial score (nSPS) is 25.6. The van der Waals surface area contributed by atoms with E-state index in [-0.39, 0.29) is 11.0 Å². The summed E-state index contributed by atoms with van der Waals surface area (Å²) in [4.78, 5) is 0. The van der Waals surface area contributed by atoms with Crippen LogP contribution in [0, 0.1) is 0 Å². The molecule has 0 bridgehead atoms. The number of hydrogen-bond donors (Lipinski definition) is 1. The van der Waals surface area contributed by atoms with Crippen LogP contribution in [0.2, 0.25) is 0 Å². The van der Waals surface area contributed by atoms with Crippen molar-refractivity contribution in [2.45, 2.75) is 56.6 Å². The third-order valence-electron chi connectivity index (χ3n) is 3.34. The number of sulfone groups is 1. The molecular weight excluding hydrogens is 254 g/mol. The smallest absolute Gasteiger partial charge is 0.153 e. The highest BCUT2D eigenvalue weighted by molar-refractivity contribution is 7.99. The Kier molecular flexibility index (Phi) is 6.31. The Labute approximate surface area is 110 Å². The maximum Gasteiger partial charge on any atom is 0.153 e. The second-order valence-electron chi connectivity index (χ2n) is 4.90. The van der Waals surface area contributed by atoms with E-state index in [1.165, 1.54) is 19.3 Å². The summed E-state index contributed by atoms with van der Waals surface area (Å²) in [5.74, 6) is 1.41. The molecule has 17 heavy (non-hydrogen) atoms. The second-order valence-corrected chi connectivity index (χ2v) is 9.09. The lowest BCUT2D eigenvalue weighted by atomic mass is 10.2. The fourth-order valence-corrected chi connectivity index (χ4v) is 4.30. The molecule has 0 aliphatic heterocycles. The molecule has 0 saturated heterocycles. The van der Waals surface area contributed by atoms with Gasteiger partial charge in [0.15, 0.2) is 9.84 Å². The Morgan fingerprint density at radius 3 is 2.65 bits per heavy atom. The molecule has 1 aliphatic rings. The van der Waals surface area contributed by atoms with Crippen molar-refractivity contribution in [1.82, 2.24) is 5.32 Å². The minimum absolute atomic E-state index is 0.256. The molecule has 0 aromatic rings. The van der Waals surface area contributed by atoms with Gasteiger partial charge in [0, 0.05) is 17.8 Å². The lowest BCUT2D eigenvalue weighted by Crippen LogP contribution is -2.38. The van der Waals surface area contributed by atoms with E-state index in [2.05, 4.69) is 12.2 Å². The highest BCUT2D eigenvalue weighted by atomic mass is 32.2. The summed E-state index contributed by atoms with van der Waals surface area (Å²) in [6.07, 6.45) is 3.73. The summed E-state index contributed by atoms with van der Waals surface area (Å²) >= 11 is 2.00. The Bertz CT molecular complexity index is 314. The van der Waals surface area contributed by atoms with Gasteiger partial charge in [-0.05, 0) is 32.4 Å². The molecule has 1 rings (SSSR count). The molecule has 1 aliphatic carbocycles. The Morgan fingerprint density at radius 1 is 1.35 bits per heavy atom. The van der Waals surface area contributed by atoms with Gasteiger partial charge in [0.1, 0.15) is 0 Å². The van der Waals surface area contributed by atoms with Crippen LogP contribution in [0.1, 0.15) is 40.0 Å². The van der Waals surface area contributed by atoms with Gasteiger partial charge >= 0.3 is 0 Å². The van der Waals surface area contributed by atoms with Crippen LogP contribution in [0.25, 0.3) is 0 Å². The molecule has 3 nitrogen and oxygen atoms in total. The number of rotatable bonds is 7. The summed E-state index contributed by atoms with van der Waals surface area (Å²) in [7, 11) is -2.89.